The number of H-pyrrole nitrogens is 1. The topological polar surface area (TPSA) is 79.0 Å². The van der Waals surface area contributed by atoms with Gasteiger partial charge in [0.15, 0.2) is 5.78 Å². The molecule has 0 aliphatic rings. The van der Waals surface area contributed by atoms with Crippen LogP contribution in [0.1, 0.15) is 40.7 Å². The summed E-state index contributed by atoms with van der Waals surface area (Å²) < 4.78 is 0. The number of hydrogen-bond acceptors (Lipinski definition) is 3. The molecule has 0 aliphatic heterocycles. The van der Waals surface area contributed by atoms with Crippen molar-refractivity contribution in [3.05, 3.63) is 81.6 Å². The van der Waals surface area contributed by atoms with Crippen molar-refractivity contribution in [1.82, 2.24) is 10.3 Å². The fourth-order valence-corrected chi connectivity index (χ4v) is 3.16. The van der Waals surface area contributed by atoms with E-state index in [-0.39, 0.29) is 17.2 Å². The van der Waals surface area contributed by atoms with Crippen molar-refractivity contribution in [3.8, 4) is 0 Å². The standard InChI is InChI=1S/C23H24N2O3/c1-16-10-11-20-19(14-16)15-18(23(28)25-20)12-13-24-22(27)9-5-8-21(26)17-6-3-2-4-7-17/h2-4,6-7,10-11,14-15H,5,8-9,12-13H2,1H3,(H,24,27)(H,25,28). The second-order valence-corrected chi connectivity index (χ2v) is 6.96. The number of carbonyl (C=O) groups is 2. The van der Waals surface area contributed by atoms with Crippen LogP contribution in [0.3, 0.4) is 0 Å². The largest absolute Gasteiger partial charge is 0.356 e. The molecule has 144 valence electrons. The van der Waals surface area contributed by atoms with Gasteiger partial charge in [0.1, 0.15) is 0 Å². The fourth-order valence-electron chi connectivity index (χ4n) is 3.16. The first kappa shape index (κ1) is 19.5. The van der Waals surface area contributed by atoms with Crippen LogP contribution in [0.2, 0.25) is 0 Å². The molecule has 3 aromatic rings. The molecule has 0 bridgehead atoms. The summed E-state index contributed by atoms with van der Waals surface area (Å²) in [7, 11) is 0. The van der Waals surface area contributed by atoms with Crippen molar-refractivity contribution in [3.63, 3.8) is 0 Å². The second kappa shape index (κ2) is 9.13. The number of ketones is 1. The number of rotatable bonds is 8. The van der Waals surface area contributed by atoms with Gasteiger partial charge in [-0.2, -0.15) is 0 Å². The summed E-state index contributed by atoms with van der Waals surface area (Å²) in [6, 6.07) is 16.9. The number of aromatic amines is 1. The maximum absolute atomic E-state index is 12.2. The fraction of sp³-hybridized carbons (Fsp3) is 0.261. The van der Waals surface area contributed by atoms with E-state index in [9.17, 15) is 14.4 Å². The zero-order chi connectivity index (χ0) is 19.9. The van der Waals surface area contributed by atoms with Crippen LogP contribution >= 0.6 is 0 Å². The predicted molar refractivity (Wildman–Crippen MR) is 111 cm³/mol. The quantitative estimate of drug-likeness (QED) is 0.590. The van der Waals surface area contributed by atoms with Crippen LogP contribution in [0.4, 0.5) is 0 Å². The van der Waals surface area contributed by atoms with E-state index in [1.807, 2.05) is 49.4 Å². The normalized spacial score (nSPS) is 10.8. The Morgan fingerprint density at radius 1 is 1.00 bits per heavy atom. The van der Waals surface area contributed by atoms with E-state index in [1.54, 1.807) is 12.1 Å². The number of pyridine rings is 1. The molecule has 0 unspecified atom stereocenters. The van der Waals surface area contributed by atoms with Crippen LogP contribution in [-0.4, -0.2) is 23.2 Å². The second-order valence-electron chi connectivity index (χ2n) is 6.96. The molecule has 0 atom stereocenters. The minimum absolute atomic E-state index is 0.0476. The van der Waals surface area contributed by atoms with Gasteiger partial charge >= 0.3 is 0 Å². The highest BCUT2D eigenvalue weighted by atomic mass is 16.1. The van der Waals surface area contributed by atoms with Crippen LogP contribution in [0, 0.1) is 6.92 Å². The van der Waals surface area contributed by atoms with Crippen LogP contribution in [0.25, 0.3) is 10.9 Å². The lowest BCUT2D eigenvalue weighted by molar-refractivity contribution is -0.121. The van der Waals surface area contributed by atoms with Gasteiger partial charge in [-0.05, 0) is 43.4 Å². The van der Waals surface area contributed by atoms with Gasteiger partial charge in [0.05, 0.1) is 0 Å². The summed E-state index contributed by atoms with van der Waals surface area (Å²) in [5.74, 6) is -0.0553. The Morgan fingerprint density at radius 2 is 1.79 bits per heavy atom. The highest BCUT2D eigenvalue weighted by Crippen LogP contribution is 2.13. The lowest BCUT2D eigenvalue weighted by Gasteiger charge is -2.07. The zero-order valence-corrected chi connectivity index (χ0v) is 16.0. The van der Waals surface area contributed by atoms with Crippen molar-refractivity contribution in [2.75, 3.05) is 6.54 Å². The van der Waals surface area contributed by atoms with E-state index in [0.717, 1.165) is 16.5 Å². The van der Waals surface area contributed by atoms with Gasteiger partial charge in [-0.1, -0.05) is 42.0 Å². The summed E-state index contributed by atoms with van der Waals surface area (Å²) in [5, 5.41) is 3.81. The number of Topliss-reactive ketones (excluding diaryl/α,β-unsaturated/α-hetero) is 1. The van der Waals surface area contributed by atoms with Gasteiger partial charge in [-0.15, -0.1) is 0 Å². The van der Waals surface area contributed by atoms with E-state index < -0.39 is 0 Å². The number of aromatic nitrogens is 1. The molecule has 2 aromatic carbocycles. The molecule has 5 heteroatoms. The molecular weight excluding hydrogens is 352 g/mol. The van der Waals surface area contributed by atoms with E-state index in [0.29, 0.717) is 43.4 Å². The van der Waals surface area contributed by atoms with E-state index in [1.165, 1.54) is 0 Å². The van der Waals surface area contributed by atoms with E-state index in [4.69, 9.17) is 0 Å². The monoisotopic (exact) mass is 376 g/mol. The van der Waals surface area contributed by atoms with E-state index >= 15 is 0 Å². The van der Waals surface area contributed by atoms with Crippen LogP contribution in [0.5, 0.6) is 0 Å². The third-order valence-electron chi connectivity index (χ3n) is 4.70. The highest BCUT2D eigenvalue weighted by molar-refractivity contribution is 5.96. The maximum Gasteiger partial charge on any atom is 0.251 e. The predicted octanol–water partition coefficient (Wildman–Crippen LogP) is 3.55. The molecule has 1 amide bonds. The Morgan fingerprint density at radius 3 is 2.57 bits per heavy atom. The molecule has 5 nitrogen and oxygen atoms in total. The average Bonchev–Trinajstić information content (AvgIpc) is 2.69. The summed E-state index contributed by atoms with van der Waals surface area (Å²) in [4.78, 5) is 39.1. The van der Waals surface area contributed by atoms with Crippen molar-refractivity contribution >= 4 is 22.6 Å². The van der Waals surface area contributed by atoms with Crippen LogP contribution in [0.15, 0.2) is 59.4 Å². The zero-order valence-electron chi connectivity index (χ0n) is 16.0. The van der Waals surface area contributed by atoms with Gasteiger partial charge in [-0.25, -0.2) is 0 Å². The highest BCUT2D eigenvalue weighted by Gasteiger charge is 2.08. The number of carbonyl (C=O) groups excluding carboxylic acids is 2. The molecule has 2 N–H and O–H groups in total. The van der Waals surface area contributed by atoms with Gasteiger partial charge in [0.25, 0.3) is 5.56 Å². The van der Waals surface area contributed by atoms with Gasteiger partial charge in [-0.3, -0.25) is 14.4 Å². The van der Waals surface area contributed by atoms with Gasteiger partial charge in [0, 0.05) is 36.0 Å². The molecule has 0 saturated heterocycles. The third-order valence-corrected chi connectivity index (χ3v) is 4.70. The molecule has 28 heavy (non-hydrogen) atoms. The van der Waals surface area contributed by atoms with Gasteiger partial charge < -0.3 is 10.3 Å². The molecule has 0 spiro atoms. The van der Waals surface area contributed by atoms with E-state index in [2.05, 4.69) is 10.3 Å². The minimum atomic E-state index is -0.126. The Balaban J connectivity index is 1.45. The van der Waals surface area contributed by atoms with Crippen molar-refractivity contribution in [1.29, 1.82) is 0 Å². The van der Waals surface area contributed by atoms with Gasteiger partial charge in [0.2, 0.25) is 5.91 Å². The minimum Gasteiger partial charge on any atom is -0.356 e. The summed E-state index contributed by atoms with van der Waals surface area (Å²) >= 11 is 0. The first-order chi connectivity index (χ1) is 13.5. The first-order valence-corrected chi connectivity index (χ1v) is 9.50. The SMILES string of the molecule is Cc1ccc2[nH]c(=O)c(CCNC(=O)CCCC(=O)c3ccccc3)cc2c1. The lowest BCUT2D eigenvalue weighted by atomic mass is 10.1. The van der Waals surface area contributed by atoms with Crippen LogP contribution < -0.4 is 10.9 Å². The lowest BCUT2D eigenvalue weighted by Crippen LogP contribution is -2.27. The molecule has 0 radical (unpaired) electrons. The Bertz CT molecular complexity index is 1040. The molecule has 0 saturated carbocycles. The third kappa shape index (κ3) is 5.16. The summed E-state index contributed by atoms with van der Waals surface area (Å²) in [5.41, 5.74) is 3.14. The molecule has 1 aromatic heterocycles. The Labute approximate surface area is 163 Å². The number of benzene rings is 2. The van der Waals surface area contributed by atoms with Crippen molar-refractivity contribution in [2.45, 2.75) is 32.6 Å². The number of nitrogens with one attached hydrogen (secondary N) is 2. The maximum atomic E-state index is 12.2. The number of aryl methyl sites for hydroxylation is 1. The first-order valence-electron chi connectivity index (χ1n) is 9.50. The number of hydrogen-bond donors (Lipinski definition) is 2. The molecule has 3 rings (SSSR count). The van der Waals surface area contributed by atoms with Crippen LogP contribution in [-0.2, 0) is 11.2 Å². The molecule has 1 heterocycles. The van der Waals surface area contributed by atoms with Crippen molar-refractivity contribution in [2.24, 2.45) is 0 Å². The molecular formula is C23H24N2O3. The summed E-state index contributed by atoms with van der Waals surface area (Å²) in [6.45, 7) is 2.40. The average molecular weight is 376 g/mol. The smallest absolute Gasteiger partial charge is 0.251 e. The number of amides is 1. The molecule has 0 fully saturated rings. The Hall–Kier alpha value is -3.21. The number of fused-ring (bicyclic) bond motifs is 1. The van der Waals surface area contributed by atoms with Crippen molar-refractivity contribution < 1.29 is 9.59 Å². The molecule has 0 aliphatic carbocycles. The summed E-state index contributed by atoms with van der Waals surface area (Å²) in [6.07, 6.45) is 1.62. The Kier molecular flexibility index (Phi) is 6.37.